The maximum absolute atomic E-state index is 12.5. The van der Waals surface area contributed by atoms with Gasteiger partial charge >= 0.3 is 5.69 Å². The molecule has 1 aromatic heterocycles. The van der Waals surface area contributed by atoms with E-state index in [1.165, 1.54) is 23.1 Å². The number of aryl methyl sites for hydroxylation is 2. The molecule has 2 aromatic rings. The third-order valence-corrected chi connectivity index (χ3v) is 6.27. The summed E-state index contributed by atoms with van der Waals surface area (Å²) in [6, 6.07) is 8.53. The zero-order chi connectivity index (χ0) is 21.1. The average Bonchev–Trinajstić information content (AvgIpc) is 3.53. The summed E-state index contributed by atoms with van der Waals surface area (Å²) < 4.78 is 3.39. The van der Waals surface area contributed by atoms with E-state index in [1.807, 2.05) is 16.7 Å². The summed E-state index contributed by atoms with van der Waals surface area (Å²) in [5.41, 5.74) is 2.18. The second-order valence-electron chi connectivity index (χ2n) is 8.76. The normalized spacial score (nSPS) is 17.9. The number of hydrogen-bond acceptors (Lipinski definition) is 4. The molecule has 1 aromatic carbocycles. The minimum atomic E-state index is 0.00928. The maximum atomic E-state index is 12.5. The molecule has 0 radical (unpaired) electrons. The van der Waals surface area contributed by atoms with Crippen LogP contribution in [-0.2, 0) is 18.3 Å². The molecule has 0 spiro atoms. The third-order valence-electron chi connectivity index (χ3n) is 6.27. The fraction of sp³-hybridized carbons (Fsp3) is 0.609. The Bertz CT molecular complexity index is 918. The first-order valence-electron chi connectivity index (χ1n) is 11.3. The number of anilines is 1. The molecule has 2 fully saturated rings. The lowest BCUT2D eigenvalue weighted by atomic mass is 9.96. The minimum Gasteiger partial charge on any atom is -0.325 e. The zero-order valence-electron chi connectivity index (χ0n) is 18.1. The molecular formula is C23H33N5O2. The maximum Gasteiger partial charge on any atom is 0.345 e. The van der Waals surface area contributed by atoms with Crippen LogP contribution in [0.1, 0.15) is 68.8 Å². The predicted octanol–water partition coefficient (Wildman–Crippen LogP) is 3.08. The van der Waals surface area contributed by atoms with E-state index in [0.717, 1.165) is 56.7 Å². The van der Waals surface area contributed by atoms with Crippen molar-refractivity contribution >= 4 is 11.6 Å². The van der Waals surface area contributed by atoms with Crippen molar-refractivity contribution in [2.45, 2.75) is 63.8 Å². The number of piperidine rings is 1. The van der Waals surface area contributed by atoms with Crippen LogP contribution >= 0.6 is 0 Å². The molecule has 30 heavy (non-hydrogen) atoms. The van der Waals surface area contributed by atoms with Gasteiger partial charge in [-0.1, -0.05) is 25.5 Å². The number of carbonyl (C=O) groups excluding carboxylic acids is 1. The number of unbranched alkanes of at least 4 members (excludes halogenated alkanes) is 1. The van der Waals surface area contributed by atoms with Crippen molar-refractivity contribution in [1.29, 1.82) is 0 Å². The Labute approximate surface area is 178 Å². The van der Waals surface area contributed by atoms with Crippen molar-refractivity contribution < 1.29 is 4.79 Å². The fourth-order valence-electron chi connectivity index (χ4n) is 4.34. The summed E-state index contributed by atoms with van der Waals surface area (Å²) in [6.07, 6.45) is 7.50. The zero-order valence-corrected chi connectivity index (χ0v) is 18.1. The molecule has 1 aliphatic carbocycles. The molecule has 2 aliphatic rings. The van der Waals surface area contributed by atoms with E-state index in [1.54, 1.807) is 7.05 Å². The molecule has 162 valence electrons. The van der Waals surface area contributed by atoms with Crippen LogP contribution in [0.4, 0.5) is 5.69 Å². The van der Waals surface area contributed by atoms with Gasteiger partial charge in [0.1, 0.15) is 5.82 Å². The van der Waals surface area contributed by atoms with Crippen LogP contribution in [0, 0.1) is 0 Å². The first-order chi connectivity index (χ1) is 14.5. The van der Waals surface area contributed by atoms with E-state index in [4.69, 9.17) is 0 Å². The van der Waals surface area contributed by atoms with E-state index >= 15 is 0 Å². The topological polar surface area (TPSA) is 72.2 Å². The van der Waals surface area contributed by atoms with Crippen LogP contribution in [0.5, 0.6) is 0 Å². The predicted molar refractivity (Wildman–Crippen MR) is 118 cm³/mol. The Hall–Kier alpha value is -2.41. The quantitative estimate of drug-likeness (QED) is 0.725. The molecular weight excluding hydrogens is 378 g/mol. The molecule has 0 unspecified atom stereocenters. The van der Waals surface area contributed by atoms with Crippen LogP contribution in [0.2, 0.25) is 0 Å². The van der Waals surface area contributed by atoms with Gasteiger partial charge in [-0.3, -0.25) is 14.3 Å². The lowest BCUT2D eigenvalue weighted by Gasteiger charge is -2.31. The summed E-state index contributed by atoms with van der Waals surface area (Å²) in [4.78, 5) is 27.0. The van der Waals surface area contributed by atoms with Gasteiger partial charge in [0.2, 0.25) is 5.91 Å². The summed E-state index contributed by atoms with van der Waals surface area (Å²) in [5.74, 6) is 1.27. The average molecular weight is 412 g/mol. The number of hydrogen-bond donors (Lipinski definition) is 1. The second kappa shape index (κ2) is 9.16. The van der Waals surface area contributed by atoms with Gasteiger partial charge in [0, 0.05) is 24.7 Å². The van der Waals surface area contributed by atoms with Crippen molar-refractivity contribution in [3.05, 3.63) is 46.1 Å². The van der Waals surface area contributed by atoms with Crippen molar-refractivity contribution in [1.82, 2.24) is 19.2 Å². The number of carbonyl (C=O) groups is 1. The minimum absolute atomic E-state index is 0.00928. The number of nitrogens with one attached hydrogen (secondary N) is 1. The number of benzene rings is 1. The van der Waals surface area contributed by atoms with Crippen molar-refractivity contribution in [3.8, 4) is 0 Å². The molecule has 0 bridgehead atoms. The molecule has 1 N–H and O–H groups in total. The lowest BCUT2D eigenvalue weighted by Crippen LogP contribution is -2.39. The monoisotopic (exact) mass is 411 g/mol. The van der Waals surface area contributed by atoms with Gasteiger partial charge in [-0.15, -0.1) is 0 Å². The highest BCUT2D eigenvalue weighted by molar-refractivity contribution is 5.92. The van der Waals surface area contributed by atoms with E-state index in [-0.39, 0.29) is 11.6 Å². The van der Waals surface area contributed by atoms with Crippen LogP contribution in [0.25, 0.3) is 0 Å². The SMILES string of the molecule is CCCCc1ccc(NC(=O)CN2CCC(c3nn(C)c(=O)n3C3CC3)CC2)cc1. The molecule has 7 heteroatoms. The third kappa shape index (κ3) is 4.83. The fourth-order valence-corrected chi connectivity index (χ4v) is 4.34. The molecule has 4 rings (SSSR count). The molecule has 1 aliphatic heterocycles. The summed E-state index contributed by atoms with van der Waals surface area (Å²) in [5, 5.41) is 7.55. The van der Waals surface area contributed by atoms with E-state index in [0.29, 0.717) is 18.5 Å². The van der Waals surface area contributed by atoms with Crippen molar-refractivity contribution in [3.63, 3.8) is 0 Å². The van der Waals surface area contributed by atoms with E-state index in [9.17, 15) is 9.59 Å². The molecule has 1 saturated carbocycles. The van der Waals surface area contributed by atoms with Crippen LogP contribution in [0.15, 0.2) is 29.1 Å². The number of rotatable bonds is 8. The Kier molecular flexibility index (Phi) is 6.37. The molecule has 7 nitrogen and oxygen atoms in total. The Balaban J connectivity index is 1.27. The summed E-state index contributed by atoms with van der Waals surface area (Å²) in [6.45, 7) is 4.30. The van der Waals surface area contributed by atoms with Crippen LogP contribution in [0.3, 0.4) is 0 Å². The van der Waals surface area contributed by atoms with Crippen molar-refractivity contribution in [2.24, 2.45) is 7.05 Å². The Morgan fingerprint density at radius 3 is 2.47 bits per heavy atom. The van der Waals surface area contributed by atoms with Gasteiger partial charge in [-0.05, 0) is 69.3 Å². The van der Waals surface area contributed by atoms with Gasteiger partial charge in [0.25, 0.3) is 0 Å². The largest absolute Gasteiger partial charge is 0.345 e. The standard InChI is InChI=1S/C23H33N5O2/c1-3-4-5-17-6-8-19(9-7-17)24-21(29)16-27-14-12-18(13-15-27)22-25-26(2)23(30)28(22)20-10-11-20/h6-9,18,20H,3-5,10-16H2,1-2H3,(H,24,29). The second-order valence-corrected chi connectivity index (χ2v) is 8.76. The summed E-state index contributed by atoms with van der Waals surface area (Å²) in [7, 11) is 1.74. The highest BCUT2D eigenvalue weighted by Gasteiger charge is 2.33. The van der Waals surface area contributed by atoms with Gasteiger partial charge < -0.3 is 5.32 Å². The first kappa shape index (κ1) is 20.8. The highest BCUT2D eigenvalue weighted by Crippen LogP contribution is 2.37. The van der Waals surface area contributed by atoms with Crippen LogP contribution in [-0.4, -0.2) is 44.8 Å². The Morgan fingerprint density at radius 1 is 1.13 bits per heavy atom. The molecule has 1 amide bonds. The molecule has 2 heterocycles. The van der Waals surface area contributed by atoms with Crippen LogP contribution < -0.4 is 11.0 Å². The lowest BCUT2D eigenvalue weighted by molar-refractivity contribution is -0.117. The number of aromatic nitrogens is 3. The first-order valence-corrected chi connectivity index (χ1v) is 11.3. The number of nitrogens with zero attached hydrogens (tertiary/aromatic N) is 4. The van der Waals surface area contributed by atoms with E-state index in [2.05, 4.69) is 34.4 Å². The molecule has 1 saturated heterocycles. The Morgan fingerprint density at radius 2 is 1.83 bits per heavy atom. The number of amides is 1. The highest BCUT2D eigenvalue weighted by atomic mass is 16.2. The van der Waals surface area contributed by atoms with Gasteiger partial charge in [0.05, 0.1) is 6.54 Å². The van der Waals surface area contributed by atoms with Crippen molar-refractivity contribution in [2.75, 3.05) is 25.0 Å². The van der Waals surface area contributed by atoms with Gasteiger partial charge in [-0.2, -0.15) is 5.10 Å². The molecule has 0 atom stereocenters. The van der Waals surface area contributed by atoms with E-state index < -0.39 is 0 Å². The van der Waals surface area contributed by atoms with Gasteiger partial charge in [-0.25, -0.2) is 9.48 Å². The van der Waals surface area contributed by atoms with Gasteiger partial charge in [0.15, 0.2) is 0 Å². The number of likely N-dealkylation sites (tertiary alicyclic amines) is 1. The smallest absolute Gasteiger partial charge is 0.325 e. The summed E-state index contributed by atoms with van der Waals surface area (Å²) >= 11 is 0.